The zero-order valence-corrected chi connectivity index (χ0v) is 16.2. The Morgan fingerprint density at radius 2 is 1.89 bits per heavy atom. The summed E-state index contributed by atoms with van der Waals surface area (Å²) in [7, 11) is 0. The number of hydrogen-bond donors (Lipinski definition) is 1. The van der Waals surface area contributed by atoms with Gasteiger partial charge in [0.25, 0.3) is 0 Å². The van der Waals surface area contributed by atoms with Crippen LogP contribution in [0.1, 0.15) is 40.4 Å². The number of aromatic carboxylic acids is 1. The van der Waals surface area contributed by atoms with Gasteiger partial charge in [0.1, 0.15) is 11.4 Å². The standard InChI is InChI=1S/C25H24O3/c1-17-6-5-7-18(14-17)16-25(2)13-12-20-15-19(10-11-23(20)28-25)21-8-3-4-9-22(21)24(26)27/h3-11,14-15H,12-13,16H2,1-2H3,(H,26,27)/t25-/m0/s1. The summed E-state index contributed by atoms with van der Waals surface area (Å²) in [5.41, 5.74) is 5.44. The van der Waals surface area contributed by atoms with Gasteiger partial charge in [0.15, 0.2) is 0 Å². The minimum absolute atomic E-state index is 0.235. The normalized spacial score (nSPS) is 18.2. The molecule has 3 nitrogen and oxygen atoms in total. The summed E-state index contributed by atoms with van der Waals surface area (Å²) in [6.07, 6.45) is 2.72. The Kier molecular flexibility index (Phi) is 4.68. The van der Waals surface area contributed by atoms with Gasteiger partial charge in [-0.15, -0.1) is 0 Å². The molecule has 3 aromatic rings. The van der Waals surface area contributed by atoms with E-state index in [2.05, 4.69) is 44.2 Å². The van der Waals surface area contributed by atoms with Gasteiger partial charge in [-0.3, -0.25) is 0 Å². The van der Waals surface area contributed by atoms with E-state index < -0.39 is 5.97 Å². The van der Waals surface area contributed by atoms with E-state index in [9.17, 15) is 9.90 Å². The Labute approximate surface area is 165 Å². The Hall–Kier alpha value is -3.07. The van der Waals surface area contributed by atoms with E-state index in [0.717, 1.165) is 41.7 Å². The van der Waals surface area contributed by atoms with E-state index in [1.54, 1.807) is 12.1 Å². The average molecular weight is 372 g/mol. The zero-order chi connectivity index (χ0) is 19.7. The average Bonchev–Trinajstić information content (AvgIpc) is 2.67. The summed E-state index contributed by atoms with van der Waals surface area (Å²) in [6, 6.07) is 21.7. The predicted molar refractivity (Wildman–Crippen MR) is 111 cm³/mol. The van der Waals surface area contributed by atoms with E-state index in [1.165, 1.54) is 11.1 Å². The number of carboxylic acids is 1. The fourth-order valence-electron chi connectivity index (χ4n) is 4.06. The first-order valence-electron chi connectivity index (χ1n) is 9.64. The fourth-order valence-corrected chi connectivity index (χ4v) is 4.06. The molecule has 1 aliphatic rings. The highest BCUT2D eigenvalue weighted by Crippen LogP contribution is 2.38. The maximum atomic E-state index is 11.5. The maximum Gasteiger partial charge on any atom is 0.336 e. The molecular formula is C25H24O3. The van der Waals surface area contributed by atoms with Gasteiger partial charge in [-0.1, -0.05) is 54.1 Å². The molecule has 0 fully saturated rings. The van der Waals surface area contributed by atoms with Crippen LogP contribution in [0, 0.1) is 6.92 Å². The van der Waals surface area contributed by atoms with Crippen molar-refractivity contribution in [3.8, 4) is 16.9 Å². The minimum Gasteiger partial charge on any atom is -0.487 e. The molecular weight excluding hydrogens is 348 g/mol. The van der Waals surface area contributed by atoms with E-state index in [0.29, 0.717) is 5.56 Å². The lowest BCUT2D eigenvalue weighted by Gasteiger charge is -2.36. The Balaban J connectivity index is 1.61. The first kappa shape index (κ1) is 18.3. The first-order valence-corrected chi connectivity index (χ1v) is 9.64. The van der Waals surface area contributed by atoms with Gasteiger partial charge in [0.2, 0.25) is 0 Å². The molecule has 0 radical (unpaired) electrons. The molecule has 3 heteroatoms. The summed E-state index contributed by atoms with van der Waals surface area (Å²) < 4.78 is 6.42. The highest BCUT2D eigenvalue weighted by Gasteiger charge is 2.32. The summed E-state index contributed by atoms with van der Waals surface area (Å²) in [6.45, 7) is 4.28. The second kappa shape index (κ2) is 7.16. The number of ether oxygens (including phenoxy) is 1. The van der Waals surface area contributed by atoms with Crippen LogP contribution in [0.2, 0.25) is 0 Å². The van der Waals surface area contributed by atoms with Crippen LogP contribution in [-0.2, 0) is 12.8 Å². The monoisotopic (exact) mass is 372 g/mol. The lowest BCUT2D eigenvalue weighted by Crippen LogP contribution is -2.38. The van der Waals surface area contributed by atoms with Crippen molar-refractivity contribution >= 4 is 5.97 Å². The van der Waals surface area contributed by atoms with E-state index in [-0.39, 0.29) is 5.60 Å². The smallest absolute Gasteiger partial charge is 0.336 e. The van der Waals surface area contributed by atoms with Crippen LogP contribution in [0.5, 0.6) is 5.75 Å². The lowest BCUT2D eigenvalue weighted by molar-refractivity contribution is 0.0654. The molecule has 3 aromatic carbocycles. The second-order valence-corrected chi connectivity index (χ2v) is 7.89. The van der Waals surface area contributed by atoms with Crippen molar-refractivity contribution < 1.29 is 14.6 Å². The van der Waals surface area contributed by atoms with Crippen molar-refractivity contribution in [2.45, 2.75) is 38.7 Å². The van der Waals surface area contributed by atoms with Gasteiger partial charge >= 0.3 is 5.97 Å². The molecule has 4 rings (SSSR count). The summed E-state index contributed by atoms with van der Waals surface area (Å²) in [4.78, 5) is 11.5. The Morgan fingerprint density at radius 3 is 2.68 bits per heavy atom. The number of aryl methyl sites for hydroxylation is 2. The van der Waals surface area contributed by atoms with Crippen molar-refractivity contribution in [2.75, 3.05) is 0 Å². The molecule has 0 saturated carbocycles. The third-order valence-electron chi connectivity index (χ3n) is 5.47. The van der Waals surface area contributed by atoms with Crippen molar-refractivity contribution in [1.82, 2.24) is 0 Å². The number of carbonyl (C=O) groups is 1. The van der Waals surface area contributed by atoms with Crippen LogP contribution in [0.3, 0.4) is 0 Å². The van der Waals surface area contributed by atoms with Gasteiger partial charge in [-0.05, 0) is 67.1 Å². The van der Waals surface area contributed by atoms with E-state index in [1.807, 2.05) is 24.3 Å². The summed E-state index contributed by atoms with van der Waals surface area (Å²) >= 11 is 0. The van der Waals surface area contributed by atoms with Crippen molar-refractivity contribution in [1.29, 1.82) is 0 Å². The Bertz CT molecular complexity index is 1040. The van der Waals surface area contributed by atoms with Crippen molar-refractivity contribution in [3.05, 3.63) is 89.0 Å². The van der Waals surface area contributed by atoms with Crippen LogP contribution >= 0.6 is 0 Å². The maximum absolute atomic E-state index is 11.5. The van der Waals surface area contributed by atoms with Gasteiger partial charge in [0, 0.05) is 6.42 Å². The molecule has 0 aliphatic carbocycles. The highest BCUT2D eigenvalue weighted by molar-refractivity contribution is 5.96. The van der Waals surface area contributed by atoms with E-state index >= 15 is 0 Å². The minimum atomic E-state index is -0.907. The summed E-state index contributed by atoms with van der Waals surface area (Å²) in [5, 5.41) is 9.47. The number of fused-ring (bicyclic) bond motifs is 1. The second-order valence-electron chi connectivity index (χ2n) is 7.89. The number of rotatable bonds is 4. The fraction of sp³-hybridized carbons (Fsp3) is 0.240. The van der Waals surface area contributed by atoms with Crippen LogP contribution in [-0.4, -0.2) is 16.7 Å². The van der Waals surface area contributed by atoms with Crippen LogP contribution in [0.15, 0.2) is 66.7 Å². The molecule has 1 N–H and O–H groups in total. The Morgan fingerprint density at radius 1 is 1.07 bits per heavy atom. The molecule has 0 amide bonds. The number of carboxylic acid groups (broad SMARTS) is 1. The largest absolute Gasteiger partial charge is 0.487 e. The lowest BCUT2D eigenvalue weighted by atomic mass is 9.86. The van der Waals surface area contributed by atoms with Gasteiger partial charge < -0.3 is 9.84 Å². The molecule has 142 valence electrons. The van der Waals surface area contributed by atoms with E-state index in [4.69, 9.17) is 4.74 Å². The molecule has 0 aromatic heterocycles. The molecule has 1 aliphatic heterocycles. The topological polar surface area (TPSA) is 46.5 Å². The van der Waals surface area contributed by atoms with Crippen LogP contribution in [0.25, 0.3) is 11.1 Å². The molecule has 1 heterocycles. The molecule has 0 saturated heterocycles. The van der Waals surface area contributed by atoms with Crippen molar-refractivity contribution in [3.63, 3.8) is 0 Å². The van der Waals surface area contributed by atoms with Crippen LogP contribution in [0.4, 0.5) is 0 Å². The SMILES string of the molecule is Cc1cccc(C[C@]2(C)CCc3cc(-c4ccccc4C(=O)O)ccc3O2)c1. The van der Waals surface area contributed by atoms with Crippen molar-refractivity contribution in [2.24, 2.45) is 0 Å². The van der Waals surface area contributed by atoms with Gasteiger partial charge in [0.05, 0.1) is 5.56 Å². The highest BCUT2D eigenvalue weighted by atomic mass is 16.5. The third kappa shape index (κ3) is 3.65. The van der Waals surface area contributed by atoms with Gasteiger partial charge in [-0.2, -0.15) is 0 Å². The number of hydrogen-bond acceptors (Lipinski definition) is 2. The zero-order valence-electron chi connectivity index (χ0n) is 16.2. The quantitative estimate of drug-likeness (QED) is 0.640. The molecule has 0 unspecified atom stereocenters. The molecule has 0 spiro atoms. The first-order chi connectivity index (χ1) is 13.4. The van der Waals surface area contributed by atoms with Crippen LogP contribution < -0.4 is 4.74 Å². The summed E-state index contributed by atoms with van der Waals surface area (Å²) in [5.74, 6) is -0.00624. The molecule has 0 bridgehead atoms. The van der Waals surface area contributed by atoms with Gasteiger partial charge in [-0.25, -0.2) is 4.79 Å². The third-order valence-corrected chi connectivity index (χ3v) is 5.47. The number of benzene rings is 3. The molecule has 1 atom stereocenters. The predicted octanol–water partition coefficient (Wildman–Crippen LogP) is 5.69. The molecule has 28 heavy (non-hydrogen) atoms.